The monoisotopic (exact) mass is 659 g/mol. The van der Waals surface area contributed by atoms with Crippen molar-refractivity contribution in [2.75, 3.05) is 0 Å². The maximum atomic E-state index is 13.2. The molecule has 1 unspecified atom stereocenters. The number of aliphatic hydroxyl groups is 1. The SMILES string of the molecule is CC(C)c1nc2c(c(I)c1C(O)c1ccc(C(F)(F)F)cc1)[C@H](O[Si](C)(C)C(C)(C)C)CC1(CCCC1)C2. The molecule has 1 heterocycles. The van der Waals surface area contributed by atoms with Crippen LogP contribution in [0.1, 0.15) is 118 Å². The standard InChI is InChI=1S/C30H41F3INO2Si/c1-18(2)26-24(27(36)19-10-12-20(13-11-19)30(31,32)33)25(34)23-21(35-26)16-29(14-8-9-15-29)17-22(23)37-38(6,7)28(3,4)5/h10-13,18,22,27,36H,8-9,14-17H2,1-7H3/t22-,27?/m1/s1. The molecule has 1 aromatic heterocycles. The molecule has 210 valence electrons. The van der Waals surface area contributed by atoms with Crippen LogP contribution in [0.3, 0.4) is 0 Å². The highest BCUT2D eigenvalue weighted by Crippen LogP contribution is 2.55. The fraction of sp³-hybridized carbons (Fsp3) is 0.633. The van der Waals surface area contributed by atoms with Gasteiger partial charge in [-0.25, -0.2) is 0 Å². The third kappa shape index (κ3) is 5.74. The summed E-state index contributed by atoms with van der Waals surface area (Å²) in [5, 5.41) is 11.6. The van der Waals surface area contributed by atoms with Crippen molar-refractivity contribution in [3.05, 3.63) is 61.5 Å². The Morgan fingerprint density at radius 2 is 1.66 bits per heavy atom. The van der Waals surface area contributed by atoms with Crippen LogP contribution in [0, 0.1) is 8.99 Å². The smallest absolute Gasteiger partial charge is 0.410 e. The lowest BCUT2D eigenvalue weighted by Crippen LogP contribution is -2.44. The van der Waals surface area contributed by atoms with E-state index in [1.54, 1.807) is 0 Å². The van der Waals surface area contributed by atoms with Gasteiger partial charge >= 0.3 is 6.18 Å². The van der Waals surface area contributed by atoms with Crippen molar-refractivity contribution in [1.82, 2.24) is 4.98 Å². The molecule has 2 aromatic rings. The number of benzene rings is 1. The first-order valence-corrected chi connectivity index (χ1v) is 17.7. The molecule has 38 heavy (non-hydrogen) atoms. The van der Waals surface area contributed by atoms with Crippen LogP contribution in [0.5, 0.6) is 0 Å². The van der Waals surface area contributed by atoms with Gasteiger partial charge in [-0.1, -0.05) is 59.6 Å². The van der Waals surface area contributed by atoms with Crippen LogP contribution >= 0.6 is 22.6 Å². The van der Waals surface area contributed by atoms with Gasteiger partial charge in [0.05, 0.1) is 17.4 Å². The maximum Gasteiger partial charge on any atom is 0.416 e. The summed E-state index contributed by atoms with van der Waals surface area (Å²) in [7, 11) is -2.12. The van der Waals surface area contributed by atoms with Crippen LogP contribution in [0.4, 0.5) is 13.2 Å². The molecule has 1 N–H and O–H groups in total. The van der Waals surface area contributed by atoms with Crippen molar-refractivity contribution in [2.45, 2.75) is 116 Å². The summed E-state index contributed by atoms with van der Waals surface area (Å²) in [6, 6.07) is 4.84. The van der Waals surface area contributed by atoms with Crippen molar-refractivity contribution < 1.29 is 22.7 Å². The first-order valence-electron chi connectivity index (χ1n) is 13.7. The molecule has 1 fully saturated rings. The van der Waals surface area contributed by atoms with Crippen LogP contribution in [0.25, 0.3) is 0 Å². The van der Waals surface area contributed by atoms with Gasteiger partial charge in [-0.2, -0.15) is 13.2 Å². The van der Waals surface area contributed by atoms with Crippen molar-refractivity contribution in [2.24, 2.45) is 5.41 Å². The summed E-state index contributed by atoms with van der Waals surface area (Å²) in [6.45, 7) is 15.4. The number of aliphatic hydroxyl groups excluding tert-OH is 1. The Morgan fingerprint density at radius 1 is 1.08 bits per heavy atom. The van der Waals surface area contributed by atoms with Gasteiger partial charge in [-0.3, -0.25) is 4.98 Å². The fourth-order valence-corrected chi connectivity index (χ4v) is 8.39. The van der Waals surface area contributed by atoms with Gasteiger partial charge < -0.3 is 9.53 Å². The molecule has 1 spiro atoms. The molecule has 4 rings (SSSR count). The quantitative estimate of drug-likeness (QED) is 0.257. The molecule has 0 radical (unpaired) electrons. The summed E-state index contributed by atoms with van der Waals surface area (Å²) in [5.74, 6) is 0.0501. The van der Waals surface area contributed by atoms with Crippen LogP contribution in [0.15, 0.2) is 24.3 Å². The lowest BCUT2D eigenvalue weighted by molar-refractivity contribution is -0.137. The van der Waals surface area contributed by atoms with Crippen molar-refractivity contribution in [1.29, 1.82) is 0 Å². The molecule has 0 aliphatic heterocycles. The molecule has 8 heteroatoms. The second-order valence-corrected chi connectivity index (χ2v) is 19.1. The number of hydrogen-bond acceptors (Lipinski definition) is 3. The average molecular weight is 660 g/mol. The van der Waals surface area contributed by atoms with Gasteiger partial charge in [-0.05, 0) is 95.4 Å². The highest BCUT2D eigenvalue weighted by Gasteiger charge is 2.48. The number of nitrogens with zero attached hydrogens (tertiary/aromatic N) is 1. The van der Waals surface area contributed by atoms with Crippen LogP contribution in [-0.4, -0.2) is 18.4 Å². The summed E-state index contributed by atoms with van der Waals surface area (Å²) in [5.41, 5.74) is 3.60. The Morgan fingerprint density at radius 3 is 2.16 bits per heavy atom. The minimum absolute atomic E-state index is 0.0484. The molecule has 2 atom stereocenters. The normalized spacial score (nSPS) is 20.7. The number of halogens is 4. The summed E-state index contributed by atoms with van der Waals surface area (Å²) < 4.78 is 47.6. The van der Waals surface area contributed by atoms with Crippen LogP contribution in [-0.2, 0) is 17.0 Å². The number of aromatic nitrogens is 1. The van der Waals surface area contributed by atoms with E-state index in [1.165, 1.54) is 37.8 Å². The minimum atomic E-state index is -4.42. The predicted molar refractivity (Wildman–Crippen MR) is 157 cm³/mol. The number of hydrogen-bond donors (Lipinski definition) is 1. The minimum Gasteiger partial charge on any atom is -0.410 e. The van der Waals surface area contributed by atoms with E-state index < -0.39 is 26.2 Å². The third-order valence-corrected chi connectivity index (χ3v) is 14.7. The zero-order valence-electron chi connectivity index (χ0n) is 23.6. The molecular weight excluding hydrogens is 618 g/mol. The van der Waals surface area contributed by atoms with E-state index in [2.05, 4.69) is 70.3 Å². The highest BCUT2D eigenvalue weighted by molar-refractivity contribution is 14.1. The zero-order chi connectivity index (χ0) is 28.3. The van der Waals surface area contributed by atoms with E-state index in [0.29, 0.717) is 11.1 Å². The Labute approximate surface area is 240 Å². The second kappa shape index (κ2) is 10.5. The van der Waals surface area contributed by atoms with Gasteiger partial charge in [0.25, 0.3) is 0 Å². The lowest BCUT2D eigenvalue weighted by Gasteiger charge is -2.46. The maximum absolute atomic E-state index is 13.2. The van der Waals surface area contributed by atoms with Gasteiger partial charge in [0.15, 0.2) is 8.32 Å². The third-order valence-electron chi connectivity index (χ3n) is 9.08. The predicted octanol–water partition coefficient (Wildman–Crippen LogP) is 9.48. The molecule has 2 aliphatic rings. The van der Waals surface area contributed by atoms with E-state index in [1.807, 2.05) is 0 Å². The number of rotatable bonds is 5. The second-order valence-electron chi connectivity index (χ2n) is 13.2. The van der Waals surface area contributed by atoms with E-state index in [0.717, 1.165) is 45.5 Å². The van der Waals surface area contributed by atoms with Crippen molar-refractivity contribution >= 4 is 30.9 Å². The van der Waals surface area contributed by atoms with Crippen molar-refractivity contribution in [3.63, 3.8) is 0 Å². The van der Waals surface area contributed by atoms with E-state index in [9.17, 15) is 18.3 Å². The topological polar surface area (TPSA) is 42.4 Å². The Balaban J connectivity index is 1.86. The largest absolute Gasteiger partial charge is 0.416 e. The van der Waals surface area contributed by atoms with Gasteiger partial charge in [0, 0.05) is 20.4 Å². The highest BCUT2D eigenvalue weighted by atomic mass is 127. The van der Waals surface area contributed by atoms with Crippen molar-refractivity contribution in [3.8, 4) is 0 Å². The van der Waals surface area contributed by atoms with Gasteiger partial charge in [0.2, 0.25) is 0 Å². The fourth-order valence-electron chi connectivity index (χ4n) is 5.89. The summed E-state index contributed by atoms with van der Waals surface area (Å²) in [6.07, 6.45) is 1.14. The first kappa shape index (κ1) is 30.0. The Kier molecular flexibility index (Phi) is 8.25. The number of alkyl halides is 3. The molecular formula is C30H41F3INO2Si. The lowest BCUT2D eigenvalue weighted by atomic mass is 9.70. The van der Waals surface area contributed by atoms with Crippen LogP contribution in [0.2, 0.25) is 18.1 Å². The van der Waals surface area contributed by atoms with Gasteiger partial charge in [-0.15, -0.1) is 0 Å². The van der Waals surface area contributed by atoms with E-state index in [4.69, 9.17) is 9.41 Å². The molecule has 1 saturated carbocycles. The first-order chi connectivity index (χ1) is 17.5. The summed E-state index contributed by atoms with van der Waals surface area (Å²) in [4.78, 5) is 5.23. The number of pyridine rings is 1. The molecule has 0 saturated heterocycles. The molecule has 2 aliphatic carbocycles. The zero-order valence-corrected chi connectivity index (χ0v) is 26.8. The Bertz CT molecular complexity index is 1170. The summed E-state index contributed by atoms with van der Waals surface area (Å²) >= 11 is 2.34. The molecule has 0 amide bonds. The van der Waals surface area contributed by atoms with E-state index in [-0.39, 0.29) is 22.5 Å². The molecule has 1 aromatic carbocycles. The Hall–Kier alpha value is -0.973. The number of fused-ring (bicyclic) bond motifs is 1. The molecule has 3 nitrogen and oxygen atoms in total. The average Bonchev–Trinajstić information content (AvgIpc) is 3.23. The van der Waals surface area contributed by atoms with Gasteiger partial charge in [0.1, 0.15) is 6.10 Å². The van der Waals surface area contributed by atoms with E-state index >= 15 is 0 Å². The molecule has 0 bridgehead atoms. The van der Waals surface area contributed by atoms with Crippen LogP contribution < -0.4 is 0 Å².